The third kappa shape index (κ3) is 2.82. The molecule has 0 radical (unpaired) electrons. The second kappa shape index (κ2) is 5.44. The number of hydrogen-bond acceptors (Lipinski definition) is 2. The molecule has 0 amide bonds. The third-order valence-corrected chi connectivity index (χ3v) is 4.05. The Balaban J connectivity index is 1.98. The van der Waals surface area contributed by atoms with Gasteiger partial charge >= 0.3 is 0 Å². The maximum Gasteiger partial charge on any atom is 0.0480 e. The van der Waals surface area contributed by atoms with Gasteiger partial charge in [-0.15, -0.1) is 18.3 Å². The zero-order valence-electron chi connectivity index (χ0n) is 9.78. The second-order valence-corrected chi connectivity index (χ2v) is 5.58. The molecule has 0 spiro atoms. The van der Waals surface area contributed by atoms with Gasteiger partial charge < -0.3 is 5.32 Å². The molecule has 1 nitrogen and oxygen atoms in total. The number of rotatable bonds is 5. The summed E-state index contributed by atoms with van der Waals surface area (Å²) in [5, 5.41) is 3.63. The lowest BCUT2D eigenvalue weighted by Gasteiger charge is -2.34. The molecule has 2 rings (SSSR count). The van der Waals surface area contributed by atoms with Crippen molar-refractivity contribution >= 4 is 17.4 Å². The first-order valence-electron chi connectivity index (χ1n) is 5.89. The van der Waals surface area contributed by atoms with Gasteiger partial charge in [0.15, 0.2) is 0 Å². The summed E-state index contributed by atoms with van der Waals surface area (Å²) in [6.07, 6.45) is 4.56. The van der Waals surface area contributed by atoms with Crippen LogP contribution in [0.5, 0.6) is 0 Å². The summed E-state index contributed by atoms with van der Waals surface area (Å²) >= 11 is 1.84. The fourth-order valence-corrected chi connectivity index (χ4v) is 2.86. The Morgan fingerprint density at radius 1 is 1.44 bits per heavy atom. The van der Waals surface area contributed by atoms with Crippen LogP contribution in [0.2, 0.25) is 0 Å². The molecule has 1 fully saturated rings. The molecule has 1 N–H and O–H groups in total. The van der Waals surface area contributed by atoms with Crippen molar-refractivity contribution in [3.05, 3.63) is 36.9 Å². The van der Waals surface area contributed by atoms with E-state index in [1.807, 2.05) is 17.8 Å². The molecule has 1 aromatic carbocycles. The number of nitrogens with one attached hydrogen (secondary N) is 1. The lowest BCUT2D eigenvalue weighted by molar-refractivity contribution is 0.309. The Labute approximate surface area is 102 Å². The molecule has 0 unspecified atom stereocenters. The largest absolute Gasteiger partial charge is 0.381 e. The van der Waals surface area contributed by atoms with Crippen molar-refractivity contribution in [2.24, 2.45) is 5.92 Å². The number of benzene rings is 1. The van der Waals surface area contributed by atoms with Crippen LogP contribution in [0.1, 0.15) is 19.8 Å². The number of hydrogen-bond donors (Lipinski definition) is 1. The first-order chi connectivity index (χ1) is 7.79. The number of anilines is 1. The molecule has 1 aromatic rings. The van der Waals surface area contributed by atoms with E-state index in [9.17, 15) is 0 Å². The Kier molecular flexibility index (Phi) is 3.94. The van der Waals surface area contributed by atoms with E-state index in [1.54, 1.807) is 0 Å². The van der Waals surface area contributed by atoms with Crippen LogP contribution in [0, 0.1) is 5.92 Å². The summed E-state index contributed by atoms with van der Waals surface area (Å²) in [7, 11) is 0. The summed E-state index contributed by atoms with van der Waals surface area (Å²) < 4.78 is 0. The summed E-state index contributed by atoms with van der Waals surface area (Å²) in [6.45, 7) is 6.08. The Morgan fingerprint density at radius 2 is 2.19 bits per heavy atom. The van der Waals surface area contributed by atoms with E-state index in [-0.39, 0.29) is 0 Å². The number of thioether (sulfide) groups is 1. The van der Waals surface area contributed by atoms with Gasteiger partial charge in [-0.3, -0.25) is 0 Å². The maximum atomic E-state index is 3.76. The van der Waals surface area contributed by atoms with Crippen LogP contribution in [0.25, 0.3) is 0 Å². The summed E-state index contributed by atoms with van der Waals surface area (Å²) in [5.41, 5.74) is 1.28. The first-order valence-corrected chi connectivity index (χ1v) is 6.87. The van der Waals surface area contributed by atoms with Crippen LogP contribution in [0.4, 0.5) is 5.69 Å². The van der Waals surface area contributed by atoms with E-state index in [0.29, 0.717) is 6.04 Å². The van der Waals surface area contributed by atoms with E-state index in [2.05, 4.69) is 43.1 Å². The lowest BCUT2D eigenvalue weighted by atomic mass is 9.82. The quantitative estimate of drug-likeness (QED) is 0.605. The average molecular weight is 233 g/mol. The van der Waals surface area contributed by atoms with Gasteiger partial charge in [0.05, 0.1) is 0 Å². The van der Waals surface area contributed by atoms with Crippen molar-refractivity contribution in [1.29, 1.82) is 0 Å². The molecular weight excluding hydrogens is 214 g/mol. The van der Waals surface area contributed by atoms with Gasteiger partial charge in [0.1, 0.15) is 0 Å². The highest BCUT2D eigenvalue weighted by Gasteiger charge is 2.25. The minimum Gasteiger partial charge on any atom is -0.381 e. The average Bonchev–Trinajstić information content (AvgIpc) is 2.26. The standard InChI is InChI=1S/C14H19NS/c1-3-8-16-14-7-5-4-6-13(14)15-12-9-11(2)10-12/h3-7,11-12,15H,1,8-10H2,2H3. The van der Waals surface area contributed by atoms with Gasteiger partial charge in [0, 0.05) is 22.4 Å². The summed E-state index contributed by atoms with van der Waals surface area (Å²) in [5.74, 6) is 1.87. The van der Waals surface area contributed by atoms with Gasteiger partial charge in [-0.05, 0) is 30.9 Å². The normalized spacial score (nSPS) is 23.6. The van der Waals surface area contributed by atoms with E-state index in [0.717, 1.165) is 11.7 Å². The Hall–Kier alpha value is -0.890. The maximum absolute atomic E-state index is 3.76. The molecule has 2 heteroatoms. The summed E-state index contributed by atoms with van der Waals surface area (Å²) in [6, 6.07) is 9.23. The zero-order valence-corrected chi connectivity index (χ0v) is 10.6. The fourth-order valence-electron chi connectivity index (χ4n) is 2.10. The van der Waals surface area contributed by atoms with E-state index in [4.69, 9.17) is 0 Å². The highest BCUT2D eigenvalue weighted by molar-refractivity contribution is 7.99. The highest BCUT2D eigenvalue weighted by Crippen LogP contribution is 2.33. The molecule has 0 saturated heterocycles. The molecule has 1 aliphatic carbocycles. The minimum atomic E-state index is 0.681. The molecule has 1 aliphatic rings. The molecule has 0 heterocycles. The monoisotopic (exact) mass is 233 g/mol. The predicted molar refractivity (Wildman–Crippen MR) is 73.2 cm³/mol. The zero-order chi connectivity index (χ0) is 11.4. The molecule has 1 saturated carbocycles. The van der Waals surface area contributed by atoms with Crippen molar-refractivity contribution in [3.8, 4) is 0 Å². The highest BCUT2D eigenvalue weighted by atomic mass is 32.2. The molecule has 16 heavy (non-hydrogen) atoms. The smallest absolute Gasteiger partial charge is 0.0480 e. The predicted octanol–water partition coefficient (Wildman–Crippen LogP) is 4.18. The van der Waals surface area contributed by atoms with Gasteiger partial charge in [-0.25, -0.2) is 0 Å². The third-order valence-electron chi connectivity index (χ3n) is 2.98. The van der Waals surface area contributed by atoms with Crippen LogP contribution >= 0.6 is 11.8 Å². The van der Waals surface area contributed by atoms with E-state index >= 15 is 0 Å². The van der Waals surface area contributed by atoms with E-state index < -0.39 is 0 Å². The van der Waals surface area contributed by atoms with Crippen molar-refractivity contribution in [2.75, 3.05) is 11.1 Å². The van der Waals surface area contributed by atoms with Crippen molar-refractivity contribution in [3.63, 3.8) is 0 Å². The van der Waals surface area contributed by atoms with Crippen LogP contribution < -0.4 is 5.32 Å². The first kappa shape index (κ1) is 11.6. The van der Waals surface area contributed by atoms with E-state index in [1.165, 1.54) is 23.4 Å². The fraction of sp³-hybridized carbons (Fsp3) is 0.429. The van der Waals surface area contributed by atoms with Gasteiger partial charge in [-0.1, -0.05) is 25.1 Å². The Morgan fingerprint density at radius 3 is 2.88 bits per heavy atom. The van der Waals surface area contributed by atoms with Crippen LogP contribution in [-0.2, 0) is 0 Å². The topological polar surface area (TPSA) is 12.0 Å². The van der Waals surface area contributed by atoms with Crippen LogP contribution in [0.15, 0.2) is 41.8 Å². The molecule has 86 valence electrons. The molecule has 0 atom stereocenters. The minimum absolute atomic E-state index is 0.681. The molecule has 0 bridgehead atoms. The second-order valence-electron chi connectivity index (χ2n) is 4.51. The number of para-hydroxylation sites is 1. The van der Waals surface area contributed by atoms with Crippen molar-refractivity contribution in [1.82, 2.24) is 0 Å². The molecule has 0 aliphatic heterocycles. The Bertz CT molecular complexity index is 356. The van der Waals surface area contributed by atoms with Gasteiger partial charge in [0.2, 0.25) is 0 Å². The molecular formula is C14H19NS. The van der Waals surface area contributed by atoms with Crippen LogP contribution in [-0.4, -0.2) is 11.8 Å². The van der Waals surface area contributed by atoms with Gasteiger partial charge in [0.25, 0.3) is 0 Å². The summed E-state index contributed by atoms with van der Waals surface area (Å²) in [4.78, 5) is 1.34. The lowest BCUT2D eigenvalue weighted by Crippen LogP contribution is -2.33. The molecule has 0 aromatic heterocycles. The van der Waals surface area contributed by atoms with Crippen molar-refractivity contribution in [2.45, 2.75) is 30.7 Å². The van der Waals surface area contributed by atoms with Crippen LogP contribution in [0.3, 0.4) is 0 Å². The SMILES string of the molecule is C=CCSc1ccccc1NC1CC(C)C1. The van der Waals surface area contributed by atoms with Crippen molar-refractivity contribution < 1.29 is 0 Å². The van der Waals surface area contributed by atoms with Gasteiger partial charge in [-0.2, -0.15) is 0 Å².